The number of rotatable bonds is 9. The first-order valence-electron chi connectivity index (χ1n) is 11.3. The Kier molecular flexibility index (Phi) is 6.82. The molecule has 1 aliphatic carbocycles. The van der Waals surface area contributed by atoms with Gasteiger partial charge in [-0.05, 0) is 67.6 Å². The summed E-state index contributed by atoms with van der Waals surface area (Å²) in [5.41, 5.74) is 2.57. The standard InChI is InChI=1S/C24H32N4O2/c29-23(25-17-22-6-7-22)9-8-19-2-4-20(5-3-19)16-21-10-14-27(15-11-21)24(30)18-28-13-1-12-26-28/h1-5,12-13,21-22H,6-11,14-18H2,(H,25,29). The van der Waals surface area contributed by atoms with Gasteiger partial charge >= 0.3 is 0 Å². The smallest absolute Gasteiger partial charge is 0.244 e. The highest BCUT2D eigenvalue weighted by molar-refractivity contribution is 5.76. The summed E-state index contributed by atoms with van der Waals surface area (Å²) >= 11 is 0. The lowest BCUT2D eigenvalue weighted by molar-refractivity contribution is -0.133. The molecular weight excluding hydrogens is 376 g/mol. The van der Waals surface area contributed by atoms with Crippen molar-refractivity contribution in [3.05, 3.63) is 53.9 Å². The average Bonchev–Trinajstić information content (AvgIpc) is 3.46. The Morgan fingerprint density at radius 1 is 1.00 bits per heavy atom. The van der Waals surface area contributed by atoms with E-state index in [-0.39, 0.29) is 11.8 Å². The molecule has 2 heterocycles. The predicted molar refractivity (Wildman–Crippen MR) is 116 cm³/mol. The summed E-state index contributed by atoms with van der Waals surface area (Å²) in [6.07, 6.45) is 10.6. The molecule has 2 aliphatic rings. The van der Waals surface area contributed by atoms with E-state index >= 15 is 0 Å². The van der Waals surface area contributed by atoms with Crippen molar-refractivity contribution in [2.75, 3.05) is 19.6 Å². The fraction of sp³-hybridized carbons (Fsp3) is 0.542. The van der Waals surface area contributed by atoms with Crippen LogP contribution < -0.4 is 5.32 Å². The quantitative estimate of drug-likeness (QED) is 0.694. The molecule has 1 saturated carbocycles. The monoisotopic (exact) mass is 408 g/mol. The molecule has 2 aromatic rings. The number of likely N-dealkylation sites (tertiary alicyclic amines) is 1. The van der Waals surface area contributed by atoms with Gasteiger partial charge in [-0.3, -0.25) is 14.3 Å². The zero-order chi connectivity index (χ0) is 20.8. The van der Waals surface area contributed by atoms with E-state index in [2.05, 4.69) is 34.7 Å². The van der Waals surface area contributed by atoms with Crippen molar-refractivity contribution in [2.45, 2.75) is 51.5 Å². The Balaban J connectivity index is 1.16. The number of amides is 2. The van der Waals surface area contributed by atoms with E-state index in [1.54, 1.807) is 10.9 Å². The molecule has 160 valence electrons. The molecule has 0 radical (unpaired) electrons. The highest BCUT2D eigenvalue weighted by Gasteiger charge is 2.23. The van der Waals surface area contributed by atoms with Crippen LogP contribution in [0.3, 0.4) is 0 Å². The van der Waals surface area contributed by atoms with E-state index in [9.17, 15) is 9.59 Å². The molecule has 4 rings (SSSR count). The van der Waals surface area contributed by atoms with Crippen LogP contribution in [-0.4, -0.2) is 46.1 Å². The SMILES string of the molecule is O=C(CCc1ccc(CC2CCN(C(=O)Cn3cccn3)CC2)cc1)NCC1CC1. The topological polar surface area (TPSA) is 67.2 Å². The lowest BCUT2D eigenvalue weighted by atomic mass is 9.89. The third-order valence-electron chi connectivity index (χ3n) is 6.30. The zero-order valence-electron chi connectivity index (χ0n) is 17.6. The first-order valence-corrected chi connectivity index (χ1v) is 11.3. The van der Waals surface area contributed by atoms with Gasteiger partial charge in [0.1, 0.15) is 6.54 Å². The van der Waals surface area contributed by atoms with E-state index < -0.39 is 0 Å². The highest BCUT2D eigenvalue weighted by atomic mass is 16.2. The second-order valence-electron chi connectivity index (χ2n) is 8.80. The Labute approximate surface area is 178 Å². The molecule has 0 bridgehead atoms. The summed E-state index contributed by atoms with van der Waals surface area (Å²) in [4.78, 5) is 26.3. The molecular formula is C24H32N4O2. The maximum atomic E-state index is 12.4. The number of nitrogens with zero attached hydrogens (tertiary/aromatic N) is 3. The Bertz CT molecular complexity index is 819. The average molecular weight is 409 g/mol. The number of carbonyl (C=O) groups excluding carboxylic acids is 2. The van der Waals surface area contributed by atoms with Gasteiger partial charge in [0, 0.05) is 38.4 Å². The number of piperidine rings is 1. The van der Waals surface area contributed by atoms with Gasteiger partial charge in [0.05, 0.1) is 0 Å². The van der Waals surface area contributed by atoms with Gasteiger partial charge < -0.3 is 10.2 Å². The molecule has 0 unspecified atom stereocenters. The van der Waals surface area contributed by atoms with Crippen molar-refractivity contribution in [3.8, 4) is 0 Å². The molecule has 2 amide bonds. The van der Waals surface area contributed by atoms with Gasteiger partial charge in [-0.1, -0.05) is 24.3 Å². The minimum Gasteiger partial charge on any atom is -0.356 e. The molecule has 1 saturated heterocycles. The molecule has 0 spiro atoms. The molecule has 1 aromatic heterocycles. The van der Waals surface area contributed by atoms with Crippen LogP contribution in [0.5, 0.6) is 0 Å². The Hall–Kier alpha value is -2.63. The summed E-state index contributed by atoms with van der Waals surface area (Å²) in [6.45, 7) is 2.85. The Morgan fingerprint density at radius 2 is 1.73 bits per heavy atom. The number of benzene rings is 1. The van der Waals surface area contributed by atoms with Crippen molar-refractivity contribution < 1.29 is 9.59 Å². The van der Waals surface area contributed by atoms with Crippen LogP contribution in [0, 0.1) is 11.8 Å². The van der Waals surface area contributed by atoms with Crippen LogP contribution in [-0.2, 0) is 29.0 Å². The molecule has 6 heteroatoms. The van der Waals surface area contributed by atoms with Gasteiger partial charge in [0.25, 0.3) is 0 Å². The van der Waals surface area contributed by atoms with Crippen molar-refractivity contribution in [1.29, 1.82) is 0 Å². The van der Waals surface area contributed by atoms with Crippen LogP contribution in [0.2, 0.25) is 0 Å². The summed E-state index contributed by atoms with van der Waals surface area (Å²) in [7, 11) is 0. The van der Waals surface area contributed by atoms with Gasteiger partial charge in [-0.15, -0.1) is 0 Å². The van der Waals surface area contributed by atoms with Gasteiger partial charge in [0.15, 0.2) is 0 Å². The van der Waals surface area contributed by atoms with E-state index in [1.807, 2.05) is 17.2 Å². The lowest BCUT2D eigenvalue weighted by Gasteiger charge is -2.32. The van der Waals surface area contributed by atoms with Crippen LogP contribution in [0.25, 0.3) is 0 Å². The van der Waals surface area contributed by atoms with Gasteiger partial charge in [0.2, 0.25) is 11.8 Å². The van der Waals surface area contributed by atoms with E-state index in [0.29, 0.717) is 18.9 Å². The number of nitrogens with one attached hydrogen (secondary N) is 1. The van der Waals surface area contributed by atoms with Crippen LogP contribution in [0.4, 0.5) is 0 Å². The summed E-state index contributed by atoms with van der Waals surface area (Å²) < 4.78 is 1.69. The van der Waals surface area contributed by atoms with E-state index in [1.165, 1.54) is 24.0 Å². The third-order valence-corrected chi connectivity index (χ3v) is 6.30. The van der Waals surface area contributed by atoms with Crippen molar-refractivity contribution in [3.63, 3.8) is 0 Å². The van der Waals surface area contributed by atoms with Crippen molar-refractivity contribution in [1.82, 2.24) is 20.0 Å². The maximum absolute atomic E-state index is 12.4. The third kappa shape index (κ3) is 6.18. The molecule has 1 N–H and O–H groups in total. The second kappa shape index (κ2) is 9.92. The fourth-order valence-electron chi connectivity index (χ4n) is 4.12. The number of carbonyl (C=O) groups is 2. The number of hydrogen-bond donors (Lipinski definition) is 1. The number of aryl methyl sites for hydroxylation is 1. The lowest BCUT2D eigenvalue weighted by Crippen LogP contribution is -2.40. The number of aromatic nitrogens is 2. The second-order valence-corrected chi connectivity index (χ2v) is 8.80. The first-order chi connectivity index (χ1) is 14.7. The normalized spacial score (nSPS) is 17.1. The molecule has 0 atom stereocenters. The van der Waals surface area contributed by atoms with Crippen molar-refractivity contribution >= 4 is 11.8 Å². The first kappa shape index (κ1) is 20.6. The Morgan fingerprint density at radius 3 is 2.40 bits per heavy atom. The molecule has 2 fully saturated rings. The van der Waals surface area contributed by atoms with Crippen LogP contribution >= 0.6 is 0 Å². The fourth-order valence-corrected chi connectivity index (χ4v) is 4.12. The summed E-state index contributed by atoms with van der Waals surface area (Å²) in [6, 6.07) is 10.6. The minimum absolute atomic E-state index is 0.155. The molecule has 1 aromatic carbocycles. The van der Waals surface area contributed by atoms with E-state index in [0.717, 1.165) is 51.2 Å². The zero-order valence-corrected chi connectivity index (χ0v) is 17.6. The van der Waals surface area contributed by atoms with Gasteiger partial charge in [-0.25, -0.2) is 0 Å². The van der Waals surface area contributed by atoms with E-state index in [4.69, 9.17) is 0 Å². The largest absolute Gasteiger partial charge is 0.356 e. The number of hydrogen-bond acceptors (Lipinski definition) is 3. The summed E-state index contributed by atoms with van der Waals surface area (Å²) in [5.74, 6) is 1.68. The molecule has 30 heavy (non-hydrogen) atoms. The minimum atomic E-state index is 0.155. The molecule has 1 aliphatic heterocycles. The van der Waals surface area contributed by atoms with Crippen molar-refractivity contribution in [2.24, 2.45) is 11.8 Å². The molecule has 6 nitrogen and oxygen atoms in total. The van der Waals surface area contributed by atoms with Gasteiger partial charge in [-0.2, -0.15) is 5.10 Å². The van der Waals surface area contributed by atoms with Crippen LogP contribution in [0.15, 0.2) is 42.7 Å². The summed E-state index contributed by atoms with van der Waals surface area (Å²) in [5, 5.41) is 7.15. The predicted octanol–water partition coefficient (Wildman–Crippen LogP) is 2.82. The maximum Gasteiger partial charge on any atom is 0.244 e. The van der Waals surface area contributed by atoms with Crippen LogP contribution in [0.1, 0.15) is 43.2 Å². The highest BCUT2D eigenvalue weighted by Crippen LogP contribution is 2.27.